The van der Waals surface area contributed by atoms with Gasteiger partial charge in [0.2, 0.25) is 5.78 Å². The van der Waals surface area contributed by atoms with Crippen molar-refractivity contribution in [2.24, 2.45) is 0 Å². The van der Waals surface area contributed by atoms with E-state index < -0.39 is 29.8 Å². The molecule has 2 aromatic rings. The topological polar surface area (TPSA) is 82.1 Å². The highest BCUT2D eigenvalue weighted by Crippen LogP contribution is 2.42. The Balaban J connectivity index is 1.34. The smallest absolute Gasteiger partial charge is 0.411 e. The first-order valence-corrected chi connectivity index (χ1v) is 12.7. The maximum atomic E-state index is 13.4. The average Bonchev–Trinajstić information content (AvgIpc) is 3.20. The zero-order valence-corrected chi connectivity index (χ0v) is 21.7. The van der Waals surface area contributed by atoms with Gasteiger partial charge in [-0.15, -0.1) is 0 Å². The molecule has 0 N–H and O–H groups in total. The summed E-state index contributed by atoms with van der Waals surface area (Å²) in [5, 5.41) is 0.653. The molecule has 0 spiro atoms. The number of rotatable bonds is 2. The molecule has 0 aromatic heterocycles. The lowest BCUT2D eigenvalue weighted by molar-refractivity contribution is -0.153. The number of halogens is 1. The van der Waals surface area contributed by atoms with Crippen molar-refractivity contribution in [1.82, 2.24) is 4.90 Å². The molecular formula is C28H30ClNO6. The van der Waals surface area contributed by atoms with Crippen molar-refractivity contribution in [1.29, 1.82) is 0 Å². The normalized spacial score (nSPS) is 22.8. The second kappa shape index (κ2) is 9.11. The van der Waals surface area contributed by atoms with Crippen molar-refractivity contribution in [3.63, 3.8) is 0 Å². The molecule has 3 aliphatic rings. The summed E-state index contributed by atoms with van der Waals surface area (Å²) in [6.07, 6.45) is 0.679. The SMILES string of the molecule is C[C@H]1CCC(C(=O)OC2CCc3cc4c(cc3C2=O)OCc2cc(Cl)ccc2-4)N1C(=O)OC(C)(C)C. The minimum atomic E-state index is -0.894. The number of likely N-dealkylation sites (tertiary alicyclic amines) is 1. The van der Waals surface area contributed by atoms with Crippen molar-refractivity contribution < 1.29 is 28.6 Å². The third-order valence-electron chi connectivity index (χ3n) is 6.98. The van der Waals surface area contributed by atoms with Crippen molar-refractivity contribution in [3.8, 4) is 16.9 Å². The molecule has 7 nitrogen and oxygen atoms in total. The summed E-state index contributed by atoms with van der Waals surface area (Å²) in [5.41, 5.74) is 3.72. The fourth-order valence-corrected chi connectivity index (χ4v) is 5.45. The zero-order valence-electron chi connectivity index (χ0n) is 20.9. The fourth-order valence-electron chi connectivity index (χ4n) is 5.25. The van der Waals surface area contributed by atoms with Crippen molar-refractivity contribution in [3.05, 3.63) is 52.0 Å². The minimum absolute atomic E-state index is 0.151. The number of carbonyl (C=O) groups excluding carboxylic acids is 3. The van der Waals surface area contributed by atoms with E-state index in [1.165, 1.54) is 4.90 Å². The average molecular weight is 512 g/mol. The van der Waals surface area contributed by atoms with Crippen LogP contribution in [-0.2, 0) is 27.3 Å². The first-order valence-electron chi connectivity index (χ1n) is 12.4. The highest BCUT2D eigenvalue weighted by molar-refractivity contribution is 6.30. The van der Waals surface area contributed by atoms with Crippen LogP contribution in [0.4, 0.5) is 4.79 Å². The largest absolute Gasteiger partial charge is 0.488 e. The molecule has 2 unspecified atom stereocenters. The summed E-state index contributed by atoms with van der Waals surface area (Å²) in [5.74, 6) is -0.176. The molecule has 1 amide bonds. The molecule has 5 rings (SSSR count). The van der Waals surface area contributed by atoms with Gasteiger partial charge < -0.3 is 14.2 Å². The Morgan fingerprint density at radius 1 is 1.03 bits per heavy atom. The molecule has 36 heavy (non-hydrogen) atoms. The number of fused-ring (bicyclic) bond motifs is 4. The maximum Gasteiger partial charge on any atom is 0.411 e. The minimum Gasteiger partial charge on any atom is -0.488 e. The van der Waals surface area contributed by atoms with Crippen LogP contribution in [0.3, 0.4) is 0 Å². The monoisotopic (exact) mass is 511 g/mol. The molecule has 1 fully saturated rings. The molecule has 1 saturated heterocycles. The molecular weight excluding hydrogens is 482 g/mol. The number of benzene rings is 2. The van der Waals surface area contributed by atoms with Crippen LogP contribution in [0, 0.1) is 0 Å². The Morgan fingerprint density at radius 2 is 1.81 bits per heavy atom. The Kier molecular flexibility index (Phi) is 6.23. The van der Waals surface area contributed by atoms with Gasteiger partial charge in [-0.3, -0.25) is 9.69 Å². The summed E-state index contributed by atoms with van der Waals surface area (Å²) < 4.78 is 17.2. The molecule has 0 radical (unpaired) electrons. The quantitative estimate of drug-likeness (QED) is 0.479. The van der Waals surface area contributed by atoms with Crippen LogP contribution < -0.4 is 4.74 Å². The van der Waals surface area contributed by atoms with Crippen LogP contribution in [0.25, 0.3) is 11.1 Å². The summed E-state index contributed by atoms with van der Waals surface area (Å²) in [6, 6.07) is 8.55. The molecule has 2 heterocycles. The van der Waals surface area contributed by atoms with E-state index in [4.69, 9.17) is 25.8 Å². The molecule has 2 aliphatic heterocycles. The molecule has 8 heteroatoms. The van der Waals surface area contributed by atoms with E-state index in [9.17, 15) is 14.4 Å². The van der Waals surface area contributed by atoms with Gasteiger partial charge in [-0.2, -0.15) is 0 Å². The van der Waals surface area contributed by atoms with Crippen LogP contribution in [-0.4, -0.2) is 46.5 Å². The van der Waals surface area contributed by atoms with Crippen LogP contribution in [0.15, 0.2) is 30.3 Å². The van der Waals surface area contributed by atoms with Crippen LogP contribution in [0.1, 0.15) is 68.4 Å². The van der Waals surface area contributed by atoms with Crippen LogP contribution in [0.2, 0.25) is 5.02 Å². The van der Waals surface area contributed by atoms with Crippen LogP contribution >= 0.6 is 11.6 Å². The number of amides is 1. The summed E-state index contributed by atoms with van der Waals surface area (Å²) in [7, 11) is 0. The number of hydrogen-bond acceptors (Lipinski definition) is 6. The van der Waals surface area contributed by atoms with Crippen molar-refractivity contribution in [2.45, 2.75) is 83.8 Å². The van der Waals surface area contributed by atoms with E-state index in [1.54, 1.807) is 26.8 Å². The molecule has 3 atom stereocenters. The second-order valence-electron chi connectivity index (χ2n) is 10.8. The Hall–Kier alpha value is -3.06. The third-order valence-corrected chi connectivity index (χ3v) is 7.22. The van der Waals surface area contributed by atoms with Gasteiger partial charge in [0.15, 0.2) is 6.10 Å². The number of ketones is 1. The standard InChI is InChI=1S/C28H30ClNO6/c1-15-5-9-22(30(15)27(33)36-28(2,3)4)26(32)35-23-10-6-16-12-21-19-8-7-18(29)11-17(19)14-34-24(21)13-20(16)25(23)31/h7-8,11-13,15,22-23H,5-6,9-10,14H2,1-4H3/t15-,22?,23?/m0/s1. The van der Waals surface area contributed by atoms with E-state index in [-0.39, 0.29) is 11.8 Å². The second-order valence-corrected chi connectivity index (χ2v) is 11.2. The van der Waals surface area contributed by atoms with Gasteiger partial charge in [-0.1, -0.05) is 17.7 Å². The molecule has 190 valence electrons. The van der Waals surface area contributed by atoms with E-state index in [0.29, 0.717) is 48.6 Å². The van der Waals surface area contributed by atoms with Gasteiger partial charge in [0.1, 0.15) is 24.0 Å². The number of nitrogens with zero attached hydrogens (tertiary/aromatic N) is 1. The first kappa shape index (κ1) is 24.6. The summed E-state index contributed by atoms with van der Waals surface area (Å²) >= 11 is 6.13. The number of ether oxygens (including phenoxy) is 3. The number of aryl methyl sites for hydroxylation is 1. The predicted molar refractivity (Wildman–Crippen MR) is 134 cm³/mol. The van der Waals surface area contributed by atoms with Gasteiger partial charge in [-0.25, -0.2) is 9.59 Å². The highest BCUT2D eigenvalue weighted by Gasteiger charge is 2.43. The Morgan fingerprint density at radius 3 is 2.56 bits per heavy atom. The third kappa shape index (κ3) is 4.57. The number of carbonyl (C=O) groups is 3. The van der Waals surface area contributed by atoms with Gasteiger partial charge in [0.25, 0.3) is 0 Å². The lowest BCUT2D eigenvalue weighted by Crippen LogP contribution is -2.48. The lowest BCUT2D eigenvalue weighted by atomic mass is 9.85. The van der Waals surface area contributed by atoms with E-state index in [1.807, 2.05) is 31.2 Å². The van der Waals surface area contributed by atoms with Crippen LogP contribution in [0.5, 0.6) is 5.75 Å². The molecule has 2 aromatic carbocycles. The molecule has 0 saturated carbocycles. The van der Waals surface area contributed by atoms with Crippen molar-refractivity contribution >= 4 is 29.4 Å². The molecule has 0 bridgehead atoms. The van der Waals surface area contributed by atoms with Gasteiger partial charge in [0.05, 0.1) is 0 Å². The number of hydrogen-bond donors (Lipinski definition) is 0. The maximum absolute atomic E-state index is 13.4. The van der Waals surface area contributed by atoms with Gasteiger partial charge in [0, 0.05) is 22.2 Å². The number of Topliss-reactive ketones (excluding diaryl/α,β-unsaturated/α-hetero) is 1. The van der Waals surface area contributed by atoms with E-state index >= 15 is 0 Å². The Labute approximate surface area is 215 Å². The first-order chi connectivity index (χ1) is 17.0. The van der Waals surface area contributed by atoms with Crippen molar-refractivity contribution in [2.75, 3.05) is 0 Å². The Bertz CT molecular complexity index is 1250. The number of esters is 1. The lowest BCUT2D eigenvalue weighted by Gasteiger charge is -2.32. The van der Waals surface area contributed by atoms with Gasteiger partial charge in [-0.05, 0) is 94.3 Å². The fraction of sp³-hybridized carbons (Fsp3) is 0.464. The van der Waals surface area contributed by atoms with Gasteiger partial charge >= 0.3 is 12.1 Å². The summed E-state index contributed by atoms with van der Waals surface area (Å²) in [4.78, 5) is 40.7. The molecule has 1 aliphatic carbocycles. The van der Waals surface area contributed by atoms with E-state index in [2.05, 4.69) is 0 Å². The highest BCUT2D eigenvalue weighted by atomic mass is 35.5. The van der Waals surface area contributed by atoms with E-state index in [0.717, 1.165) is 22.3 Å². The zero-order chi connectivity index (χ0) is 25.8. The summed E-state index contributed by atoms with van der Waals surface area (Å²) in [6.45, 7) is 7.61. The predicted octanol–water partition coefficient (Wildman–Crippen LogP) is 5.73.